The van der Waals surface area contributed by atoms with Crippen LogP contribution in [0, 0.1) is 10.1 Å². The number of hydrogen-bond acceptors (Lipinski definition) is 15. The van der Waals surface area contributed by atoms with Crippen molar-refractivity contribution < 1.29 is 71.7 Å². The van der Waals surface area contributed by atoms with Crippen LogP contribution in [0.5, 0.6) is 0 Å². The van der Waals surface area contributed by atoms with E-state index in [1.807, 2.05) is 0 Å². The molecular formula is C18H23NO16S2. The van der Waals surface area contributed by atoms with Gasteiger partial charge in [-0.25, -0.2) is 8.98 Å². The van der Waals surface area contributed by atoms with Gasteiger partial charge in [-0.1, -0.05) is 11.8 Å². The first-order valence-electron chi connectivity index (χ1n) is 10.3. The van der Waals surface area contributed by atoms with Crippen LogP contribution in [-0.4, -0.2) is 122 Å². The molecule has 0 amide bonds. The molecule has 17 nitrogen and oxygen atoms in total. The van der Waals surface area contributed by atoms with Crippen molar-refractivity contribution in [2.45, 2.75) is 65.5 Å². The Balaban J connectivity index is 1.82. The number of aliphatic carboxylic acids is 1. The smallest absolute Gasteiger partial charge is 0.397 e. The van der Waals surface area contributed by atoms with Crippen molar-refractivity contribution in [3.63, 3.8) is 0 Å². The van der Waals surface area contributed by atoms with Gasteiger partial charge in [0, 0.05) is 17.0 Å². The maximum absolute atomic E-state index is 11.3. The lowest BCUT2D eigenvalue weighted by Gasteiger charge is -2.45. The fourth-order valence-corrected chi connectivity index (χ4v) is 4.92. The summed E-state index contributed by atoms with van der Waals surface area (Å²) in [5, 5.41) is 71.3. The molecule has 0 spiro atoms. The summed E-state index contributed by atoms with van der Waals surface area (Å²) in [7, 11) is -5.03. The van der Waals surface area contributed by atoms with Crippen LogP contribution in [0.1, 0.15) is 0 Å². The van der Waals surface area contributed by atoms with E-state index in [9.17, 15) is 54.0 Å². The summed E-state index contributed by atoms with van der Waals surface area (Å²) in [6.45, 7) is -0.999. The van der Waals surface area contributed by atoms with E-state index in [0.29, 0.717) is 4.90 Å². The number of ether oxygens (including phenoxy) is 3. The van der Waals surface area contributed by atoms with Crippen LogP contribution in [0.15, 0.2) is 29.2 Å². The lowest BCUT2D eigenvalue weighted by molar-refractivity contribution is -0.384. The second-order valence-corrected chi connectivity index (χ2v) is 10.2. The Bertz CT molecular complexity index is 1070. The summed E-state index contributed by atoms with van der Waals surface area (Å²) in [5.41, 5.74) is -1.57. The third-order valence-electron chi connectivity index (χ3n) is 5.43. The highest BCUT2D eigenvalue weighted by molar-refractivity contribution is 7.99. The largest absolute Gasteiger partial charge is 0.479 e. The lowest BCUT2D eigenvalue weighted by Crippen LogP contribution is -2.64. The Morgan fingerprint density at radius 2 is 1.62 bits per heavy atom. The quantitative estimate of drug-likeness (QED) is 0.0894. The number of thioether (sulfide) groups is 1. The van der Waals surface area contributed by atoms with Gasteiger partial charge in [0.25, 0.3) is 5.69 Å². The maximum atomic E-state index is 11.3. The van der Waals surface area contributed by atoms with Gasteiger partial charge in [0.2, 0.25) is 0 Å². The first-order valence-corrected chi connectivity index (χ1v) is 12.6. The third kappa shape index (κ3) is 7.10. The number of benzene rings is 1. The zero-order valence-corrected chi connectivity index (χ0v) is 20.0. The van der Waals surface area contributed by atoms with Crippen LogP contribution in [0.3, 0.4) is 0 Å². The number of nitrogens with zero attached hydrogens (tertiary/aromatic N) is 1. The van der Waals surface area contributed by atoms with E-state index in [0.717, 1.165) is 11.8 Å². The Hall–Kier alpha value is -2.01. The van der Waals surface area contributed by atoms with Crippen LogP contribution in [-0.2, 0) is 33.6 Å². The van der Waals surface area contributed by atoms with E-state index in [1.54, 1.807) is 0 Å². The molecule has 2 aliphatic heterocycles. The molecular weight excluding hydrogens is 550 g/mol. The summed E-state index contributed by atoms with van der Waals surface area (Å²) < 4.78 is 51.4. The Morgan fingerprint density at radius 1 is 1.00 bits per heavy atom. The molecule has 1 aromatic rings. The Labute approximate surface area is 212 Å². The first-order chi connectivity index (χ1) is 17.2. The Morgan fingerprint density at radius 3 is 2.16 bits per heavy atom. The molecule has 7 N–H and O–H groups in total. The molecule has 19 heteroatoms. The molecule has 0 aromatic heterocycles. The van der Waals surface area contributed by atoms with Gasteiger partial charge in [0.15, 0.2) is 12.4 Å². The summed E-state index contributed by atoms with van der Waals surface area (Å²) in [6.07, 6.45) is -17.3. The Kier molecular flexibility index (Phi) is 9.42. The van der Waals surface area contributed by atoms with Crippen molar-refractivity contribution in [1.82, 2.24) is 0 Å². The van der Waals surface area contributed by atoms with Crippen molar-refractivity contribution in [2.24, 2.45) is 0 Å². The van der Waals surface area contributed by atoms with Crippen LogP contribution in [0.4, 0.5) is 5.69 Å². The van der Waals surface area contributed by atoms with Crippen molar-refractivity contribution in [1.29, 1.82) is 0 Å². The molecule has 0 aliphatic carbocycles. The van der Waals surface area contributed by atoms with Crippen LogP contribution < -0.4 is 0 Å². The van der Waals surface area contributed by atoms with E-state index >= 15 is 0 Å². The highest BCUT2D eigenvalue weighted by Crippen LogP contribution is 2.36. The van der Waals surface area contributed by atoms with Gasteiger partial charge < -0.3 is 44.8 Å². The first kappa shape index (κ1) is 29.5. The molecule has 3 rings (SSSR count). The zero-order valence-electron chi connectivity index (χ0n) is 18.4. The number of carbonyl (C=O) groups is 1. The van der Waals surface area contributed by atoms with Crippen molar-refractivity contribution in [3.8, 4) is 0 Å². The van der Waals surface area contributed by atoms with Gasteiger partial charge >= 0.3 is 16.4 Å². The number of aliphatic hydroxyl groups is 5. The molecule has 0 saturated carbocycles. The number of carboxylic acids is 1. The summed E-state index contributed by atoms with van der Waals surface area (Å²) in [6, 6.07) is 4.98. The average molecular weight is 574 g/mol. The van der Waals surface area contributed by atoms with Gasteiger partial charge in [-0.3, -0.25) is 14.7 Å². The number of nitro benzene ring substituents is 1. The second-order valence-electron chi connectivity index (χ2n) is 7.94. The molecule has 2 aliphatic rings. The summed E-state index contributed by atoms with van der Waals surface area (Å²) in [4.78, 5) is 21.8. The molecule has 208 valence electrons. The van der Waals surface area contributed by atoms with Crippen molar-refractivity contribution in [3.05, 3.63) is 34.4 Å². The summed E-state index contributed by atoms with van der Waals surface area (Å²) >= 11 is 0.778. The van der Waals surface area contributed by atoms with Gasteiger partial charge in [-0.05, 0) is 12.1 Å². The van der Waals surface area contributed by atoms with Crippen molar-refractivity contribution in [2.75, 3.05) is 6.61 Å². The average Bonchev–Trinajstić information content (AvgIpc) is 2.82. The number of rotatable bonds is 9. The molecule has 0 bridgehead atoms. The third-order valence-corrected chi connectivity index (χ3v) is 7.03. The van der Waals surface area contributed by atoms with E-state index in [-0.39, 0.29) is 5.69 Å². The normalized spacial score (nSPS) is 36.7. The molecule has 1 aromatic carbocycles. The number of non-ortho nitro benzene ring substituents is 1. The second kappa shape index (κ2) is 11.8. The van der Waals surface area contributed by atoms with Crippen LogP contribution >= 0.6 is 11.8 Å². The van der Waals surface area contributed by atoms with Gasteiger partial charge in [-0.15, -0.1) is 0 Å². The molecule has 2 fully saturated rings. The number of aliphatic hydroxyl groups excluding tert-OH is 5. The highest BCUT2D eigenvalue weighted by Gasteiger charge is 2.52. The van der Waals surface area contributed by atoms with Crippen molar-refractivity contribution >= 4 is 33.8 Å². The van der Waals surface area contributed by atoms with E-state index < -0.39 is 88.5 Å². The van der Waals surface area contributed by atoms with E-state index in [2.05, 4.69) is 4.18 Å². The minimum absolute atomic E-state index is 0.222. The van der Waals surface area contributed by atoms with Gasteiger partial charge in [0.1, 0.15) is 48.2 Å². The van der Waals surface area contributed by atoms with Gasteiger partial charge in [0.05, 0.1) is 11.5 Å². The van der Waals surface area contributed by atoms with Crippen LogP contribution in [0.2, 0.25) is 0 Å². The summed E-state index contributed by atoms with van der Waals surface area (Å²) in [5.74, 6) is -1.72. The zero-order chi connectivity index (χ0) is 27.7. The molecule has 0 radical (unpaired) electrons. The van der Waals surface area contributed by atoms with Crippen LogP contribution in [0.25, 0.3) is 0 Å². The maximum Gasteiger partial charge on any atom is 0.397 e. The molecule has 37 heavy (non-hydrogen) atoms. The predicted molar refractivity (Wildman–Crippen MR) is 116 cm³/mol. The predicted octanol–water partition coefficient (Wildman–Crippen LogP) is -2.77. The standard InChI is InChI=1S/C18H23NO16S2/c20-9-10(21)15(16(25)26)35-17(12(9)23)34-14-8(5-32-37(29,30)31)33-18(13(24)11(14)22)36-7-3-1-6(2-4-7)19(27)28/h1-4,8-15,17-18,20-24H,5H2,(H,25,26)(H,29,30,31)/t8-,9+,10+,11-,12-,13-,14+,15+,17-,18+/m1/s1. The van der Waals surface area contributed by atoms with Gasteiger partial charge in [-0.2, -0.15) is 8.42 Å². The molecule has 10 atom stereocenters. The van der Waals surface area contributed by atoms with E-state index in [1.165, 1.54) is 24.3 Å². The minimum atomic E-state index is -5.03. The molecule has 2 saturated heterocycles. The topological polar surface area (TPSA) is 273 Å². The number of carboxylic acid groups (broad SMARTS) is 1. The van der Waals surface area contributed by atoms with E-state index in [4.69, 9.17) is 18.8 Å². The fourth-order valence-electron chi connectivity index (χ4n) is 3.56. The molecule has 2 heterocycles. The minimum Gasteiger partial charge on any atom is -0.479 e. The monoisotopic (exact) mass is 573 g/mol. The SMILES string of the molecule is O=C(O)[C@H]1O[C@@H](O[C@@H]2[C@H](O)[C@@H](O)[C@H](Sc3ccc([N+](=O)[O-])cc3)O[C@@H]2COS(=O)(=O)O)[C@H](O)[C@@H](O)[C@@H]1O. The lowest BCUT2D eigenvalue weighted by atomic mass is 9.97. The molecule has 0 unspecified atom stereocenters. The fraction of sp³-hybridized carbons (Fsp3) is 0.611. The highest BCUT2D eigenvalue weighted by atomic mass is 32.3. The number of nitro groups is 1. The number of hydrogen-bond donors (Lipinski definition) is 7.